The molecular formula is C17H17F3N2O4S2. The first kappa shape index (κ1) is 20.8. The first-order valence-corrected chi connectivity index (χ1v) is 11.1. The van der Waals surface area contributed by atoms with Crippen LogP contribution in [0, 0.1) is 24.4 Å². The van der Waals surface area contributed by atoms with Gasteiger partial charge < -0.3 is 0 Å². The zero-order valence-corrected chi connectivity index (χ0v) is 16.4. The van der Waals surface area contributed by atoms with E-state index in [1.807, 2.05) is 0 Å². The van der Waals surface area contributed by atoms with E-state index in [9.17, 15) is 30.0 Å². The SMILES string of the molecule is Cc1ccc(S(=O)(=O)N2CCN(S(=O)(=O)c3ccc(F)cc3F)CC2)cc1F. The second kappa shape index (κ2) is 7.47. The summed E-state index contributed by atoms with van der Waals surface area (Å²) in [6.07, 6.45) is 0. The first-order valence-electron chi connectivity index (χ1n) is 8.25. The molecular weight excluding hydrogens is 417 g/mol. The van der Waals surface area contributed by atoms with Crippen LogP contribution in [0.4, 0.5) is 13.2 Å². The van der Waals surface area contributed by atoms with Crippen molar-refractivity contribution in [2.45, 2.75) is 16.7 Å². The van der Waals surface area contributed by atoms with Crippen molar-refractivity contribution < 1.29 is 30.0 Å². The fourth-order valence-electron chi connectivity index (χ4n) is 2.86. The molecule has 11 heteroatoms. The lowest BCUT2D eigenvalue weighted by Crippen LogP contribution is -2.50. The lowest BCUT2D eigenvalue weighted by Gasteiger charge is -2.33. The van der Waals surface area contributed by atoms with Gasteiger partial charge in [0.1, 0.15) is 22.3 Å². The molecule has 28 heavy (non-hydrogen) atoms. The number of hydrogen-bond acceptors (Lipinski definition) is 4. The number of rotatable bonds is 4. The van der Waals surface area contributed by atoms with E-state index in [0.717, 1.165) is 26.8 Å². The van der Waals surface area contributed by atoms with Gasteiger partial charge in [-0.2, -0.15) is 8.61 Å². The molecule has 1 saturated heterocycles. The number of benzene rings is 2. The number of aryl methyl sites for hydroxylation is 1. The molecule has 1 heterocycles. The van der Waals surface area contributed by atoms with E-state index in [1.165, 1.54) is 19.1 Å². The van der Waals surface area contributed by atoms with Crippen LogP contribution in [0.3, 0.4) is 0 Å². The third-order valence-electron chi connectivity index (χ3n) is 4.49. The Morgan fingerprint density at radius 2 is 1.32 bits per heavy atom. The molecule has 3 rings (SSSR count). The Kier molecular flexibility index (Phi) is 5.54. The van der Waals surface area contributed by atoms with Gasteiger partial charge in [0.2, 0.25) is 20.0 Å². The van der Waals surface area contributed by atoms with Gasteiger partial charge in [-0.15, -0.1) is 0 Å². The Labute approximate surface area is 161 Å². The molecule has 6 nitrogen and oxygen atoms in total. The topological polar surface area (TPSA) is 74.8 Å². The molecule has 2 aromatic rings. The maximum Gasteiger partial charge on any atom is 0.246 e. The highest BCUT2D eigenvalue weighted by atomic mass is 32.2. The third-order valence-corrected chi connectivity index (χ3v) is 8.32. The molecule has 1 fully saturated rings. The summed E-state index contributed by atoms with van der Waals surface area (Å²) in [5.41, 5.74) is 0.302. The zero-order chi connectivity index (χ0) is 20.7. The van der Waals surface area contributed by atoms with Crippen LogP contribution in [-0.4, -0.2) is 51.6 Å². The lowest BCUT2D eigenvalue weighted by atomic mass is 10.2. The lowest BCUT2D eigenvalue weighted by molar-refractivity contribution is 0.272. The minimum absolute atomic E-state index is 0.181. The predicted octanol–water partition coefficient (Wildman–Crippen LogP) is 2.11. The van der Waals surface area contributed by atoms with Crippen LogP contribution in [0.5, 0.6) is 0 Å². The Balaban J connectivity index is 1.79. The summed E-state index contributed by atoms with van der Waals surface area (Å²) < 4.78 is 93.1. The van der Waals surface area contributed by atoms with Crippen molar-refractivity contribution in [2.24, 2.45) is 0 Å². The molecule has 0 spiro atoms. The van der Waals surface area contributed by atoms with Crippen molar-refractivity contribution in [1.29, 1.82) is 0 Å². The van der Waals surface area contributed by atoms with Crippen molar-refractivity contribution in [2.75, 3.05) is 26.2 Å². The van der Waals surface area contributed by atoms with Gasteiger partial charge in [-0.25, -0.2) is 30.0 Å². The molecule has 0 amide bonds. The van der Waals surface area contributed by atoms with Gasteiger partial charge in [-0.1, -0.05) is 6.07 Å². The van der Waals surface area contributed by atoms with Gasteiger partial charge >= 0.3 is 0 Å². The van der Waals surface area contributed by atoms with Gasteiger partial charge in [-0.05, 0) is 36.8 Å². The summed E-state index contributed by atoms with van der Waals surface area (Å²) in [6.45, 7) is 0.711. The summed E-state index contributed by atoms with van der Waals surface area (Å²) in [6, 6.07) is 5.69. The Bertz CT molecular complexity index is 1110. The van der Waals surface area contributed by atoms with Gasteiger partial charge in [0.05, 0.1) is 4.90 Å². The zero-order valence-electron chi connectivity index (χ0n) is 14.8. The Hall–Kier alpha value is -1.95. The van der Waals surface area contributed by atoms with E-state index >= 15 is 0 Å². The molecule has 152 valence electrons. The maximum absolute atomic E-state index is 13.9. The minimum atomic E-state index is -4.25. The van der Waals surface area contributed by atoms with Gasteiger partial charge in [0.15, 0.2) is 0 Å². The minimum Gasteiger partial charge on any atom is -0.207 e. The molecule has 1 aliphatic rings. The van der Waals surface area contributed by atoms with Gasteiger partial charge in [0, 0.05) is 32.2 Å². The van der Waals surface area contributed by atoms with Crippen molar-refractivity contribution >= 4 is 20.0 Å². The number of piperazine rings is 1. The van der Waals surface area contributed by atoms with Crippen molar-refractivity contribution in [1.82, 2.24) is 8.61 Å². The highest BCUT2D eigenvalue weighted by Gasteiger charge is 2.35. The first-order chi connectivity index (χ1) is 13.0. The van der Waals surface area contributed by atoms with Crippen molar-refractivity contribution in [3.05, 3.63) is 59.4 Å². The quantitative estimate of drug-likeness (QED) is 0.739. The van der Waals surface area contributed by atoms with Crippen LogP contribution < -0.4 is 0 Å². The van der Waals surface area contributed by atoms with Gasteiger partial charge in [0.25, 0.3) is 0 Å². The van der Waals surface area contributed by atoms with Crippen LogP contribution in [-0.2, 0) is 20.0 Å². The smallest absolute Gasteiger partial charge is 0.207 e. The molecule has 0 aromatic heterocycles. The molecule has 0 aliphatic carbocycles. The second-order valence-corrected chi connectivity index (χ2v) is 10.1. The molecule has 0 atom stereocenters. The van der Waals surface area contributed by atoms with E-state index in [1.54, 1.807) is 0 Å². The van der Waals surface area contributed by atoms with Crippen LogP contribution in [0.1, 0.15) is 5.56 Å². The maximum atomic E-state index is 13.9. The Morgan fingerprint density at radius 1 is 0.750 bits per heavy atom. The predicted molar refractivity (Wildman–Crippen MR) is 95.0 cm³/mol. The molecule has 2 aromatic carbocycles. The highest BCUT2D eigenvalue weighted by molar-refractivity contribution is 7.89. The standard InChI is InChI=1S/C17H17F3N2O4S2/c1-12-2-4-14(11-15(12)19)27(23,24)21-6-8-22(9-7-21)28(25,26)17-5-3-13(18)10-16(17)20/h2-5,10-11H,6-9H2,1H3. The van der Waals surface area contributed by atoms with Crippen molar-refractivity contribution in [3.63, 3.8) is 0 Å². The van der Waals surface area contributed by atoms with E-state index in [0.29, 0.717) is 11.6 Å². The molecule has 0 radical (unpaired) electrons. The van der Waals surface area contributed by atoms with Crippen molar-refractivity contribution in [3.8, 4) is 0 Å². The summed E-state index contributed by atoms with van der Waals surface area (Å²) in [5.74, 6) is -2.78. The van der Waals surface area contributed by atoms with Crippen LogP contribution in [0.25, 0.3) is 0 Å². The third kappa shape index (κ3) is 3.79. The number of hydrogen-bond donors (Lipinski definition) is 0. The van der Waals surface area contributed by atoms with E-state index in [2.05, 4.69) is 0 Å². The van der Waals surface area contributed by atoms with Crippen LogP contribution >= 0.6 is 0 Å². The van der Waals surface area contributed by atoms with E-state index < -0.39 is 42.4 Å². The monoisotopic (exact) mass is 434 g/mol. The second-order valence-electron chi connectivity index (χ2n) is 6.29. The normalized spacial score (nSPS) is 17.0. The molecule has 0 bridgehead atoms. The van der Waals surface area contributed by atoms with Crippen LogP contribution in [0.2, 0.25) is 0 Å². The Morgan fingerprint density at radius 3 is 1.86 bits per heavy atom. The summed E-state index contributed by atoms with van der Waals surface area (Å²) >= 11 is 0. The molecule has 0 unspecified atom stereocenters. The number of halogens is 3. The van der Waals surface area contributed by atoms with E-state index in [4.69, 9.17) is 0 Å². The van der Waals surface area contributed by atoms with E-state index in [-0.39, 0.29) is 31.1 Å². The fraction of sp³-hybridized carbons (Fsp3) is 0.294. The summed E-state index contributed by atoms with van der Waals surface area (Å²) in [5, 5.41) is 0. The highest BCUT2D eigenvalue weighted by Crippen LogP contribution is 2.24. The average molecular weight is 434 g/mol. The summed E-state index contributed by atoms with van der Waals surface area (Å²) in [4.78, 5) is -0.901. The molecule has 0 saturated carbocycles. The van der Waals surface area contributed by atoms with Gasteiger partial charge in [-0.3, -0.25) is 0 Å². The number of sulfonamides is 2. The number of nitrogens with zero attached hydrogens (tertiary/aromatic N) is 2. The van der Waals surface area contributed by atoms with Crippen LogP contribution in [0.15, 0.2) is 46.2 Å². The largest absolute Gasteiger partial charge is 0.246 e. The average Bonchev–Trinajstić information content (AvgIpc) is 2.63. The fourth-order valence-corrected chi connectivity index (χ4v) is 5.76. The molecule has 1 aliphatic heterocycles. The summed E-state index contributed by atoms with van der Waals surface area (Å²) in [7, 11) is -8.25. The molecule has 0 N–H and O–H groups in total.